The number of benzene rings is 2. The van der Waals surface area contributed by atoms with Gasteiger partial charge < -0.3 is 14.8 Å². The highest BCUT2D eigenvalue weighted by atomic mass is 16.7. The molecule has 1 N–H and O–H groups in total. The Morgan fingerprint density at radius 1 is 1.14 bits per heavy atom. The van der Waals surface area contributed by atoms with E-state index in [1.165, 1.54) is 12.1 Å². The van der Waals surface area contributed by atoms with Gasteiger partial charge in [-0.25, -0.2) is 0 Å². The van der Waals surface area contributed by atoms with Gasteiger partial charge in [-0.2, -0.15) is 0 Å². The van der Waals surface area contributed by atoms with Gasteiger partial charge in [0.2, 0.25) is 6.79 Å². The van der Waals surface area contributed by atoms with Gasteiger partial charge >= 0.3 is 0 Å². The summed E-state index contributed by atoms with van der Waals surface area (Å²) in [7, 11) is 0. The zero-order chi connectivity index (χ0) is 14.8. The summed E-state index contributed by atoms with van der Waals surface area (Å²) in [6, 6.07) is 11.1. The fourth-order valence-corrected chi connectivity index (χ4v) is 1.97. The summed E-state index contributed by atoms with van der Waals surface area (Å²) in [5.74, 6) is 0.223. The molecule has 3 rings (SSSR count). The lowest BCUT2D eigenvalue weighted by Gasteiger charge is -2.07. The Morgan fingerprint density at radius 2 is 1.81 bits per heavy atom. The molecule has 2 aromatic carbocycles. The fraction of sp³-hybridized carbons (Fsp3) is 0.0714. The highest BCUT2D eigenvalue weighted by molar-refractivity contribution is 6.05. The molecule has 0 unspecified atom stereocenters. The first-order chi connectivity index (χ1) is 10.1. The van der Waals surface area contributed by atoms with Gasteiger partial charge in [0.05, 0.1) is 11.0 Å². The number of nitrogens with zero attached hydrogens (tertiary/aromatic N) is 1. The largest absolute Gasteiger partial charge is 0.454 e. The van der Waals surface area contributed by atoms with Crippen molar-refractivity contribution in [3.05, 3.63) is 58.1 Å². The van der Waals surface area contributed by atoms with E-state index in [1.807, 2.05) is 0 Å². The molecular weight excluding hydrogens is 276 g/mol. The molecule has 7 heteroatoms. The van der Waals surface area contributed by atoms with Gasteiger partial charge in [-0.05, 0) is 12.1 Å². The predicted octanol–water partition coefficient (Wildman–Crippen LogP) is 2.58. The van der Waals surface area contributed by atoms with Gasteiger partial charge in [0, 0.05) is 11.6 Å². The molecule has 0 saturated carbocycles. The third-order valence-electron chi connectivity index (χ3n) is 2.97. The van der Waals surface area contributed by atoms with Crippen LogP contribution in [-0.2, 0) is 0 Å². The number of nitrogens with one attached hydrogen (secondary N) is 1. The number of nitro groups is 1. The van der Waals surface area contributed by atoms with Crippen molar-refractivity contribution < 1.29 is 19.2 Å². The number of anilines is 1. The van der Waals surface area contributed by atoms with Gasteiger partial charge in [-0.15, -0.1) is 0 Å². The van der Waals surface area contributed by atoms with Crippen molar-refractivity contribution in [3.63, 3.8) is 0 Å². The Kier molecular flexibility index (Phi) is 3.15. The number of hydrogen-bond donors (Lipinski definition) is 1. The Bertz CT molecular complexity index is 715. The summed E-state index contributed by atoms with van der Waals surface area (Å²) in [6.07, 6.45) is 0. The molecular formula is C14H10N2O5. The van der Waals surface area contributed by atoms with E-state index in [0.717, 1.165) is 0 Å². The van der Waals surface area contributed by atoms with E-state index in [9.17, 15) is 14.9 Å². The van der Waals surface area contributed by atoms with Crippen molar-refractivity contribution in [2.75, 3.05) is 12.1 Å². The van der Waals surface area contributed by atoms with Gasteiger partial charge in [-0.3, -0.25) is 14.9 Å². The van der Waals surface area contributed by atoms with Crippen molar-refractivity contribution in [2.24, 2.45) is 0 Å². The molecule has 1 aliphatic rings. The molecule has 1 amide bonds. The summed E-state index contributed by atoms with van der Waals surface area (Å²) in [4.78, 5) is 22.6. The van der Waals surface area contributed by atoms with E-state index in [1.54, 1.807) is 30.3 Å². The van der Waals surface area contributed by atoms with Crippen LogP contribution in [0.2, 0.25) is 0 Å². The van der Waals surface area contributed by atoms with E-state index in [2.05, 4.69) is 5.32 Å². The first kappa shape index (κ1) is 12.9. The highest BCUT2D eigenvalue weighted by Crippen LogP contribution is 2.40. The maximum atomic E-state index is 12.1. The van der Waals surface area contributed by atoms with Crippen LogP contribution in [0.15, 0.2) is 42.5 Å². The van der Waals surface area contributed by atoms with E-state index < -0.39 is 10.8 Å². The predicted molar refractivity (Wildman–Crippen MR) is 73.6 cm³/mol. The summed E-state index contributed by atoms with van der Waals surface area (Å²) in [5, 5.41) is 13.6. The van der Waals surface area contributed by atoms with E-state index in [4.69, 9.17) is 9.47 Å². The summed E-state index contributed by atoms with van der Waals surface area (Å²) >= 11 is 0. The van der Waals surface area contributed by atoms with Crippen molar-refractivity contribution in [1.82, 2.24) is 0 Å². The number of nitro benzene ring substituents is 1. The molecule has 0 aromatic heterocycles. The average molecular weight is 286 g/mol. The molecule has 0 radical (unpaired) electrons. The zero-order valence-corrected chi connectivity index (χ0v) is 10.7. The second-order valence-electron chi connectivity index (χ2n) is 4.30. The molecule has 1 aliphatic heterocycles. The minimum Gasteiger partial charge on any atom is -0.454 e. The number of hydrogen-bond acceptors (Lipinski definition) is 5. The SMILES string of the molecule is O=C(Nc1cc2c(cc1[N+](=O)[O-])OCO2)c1ccccc1. The molecule has 1 heterocycles. The van der Waals surface area contributed by atoms with E-state index in [0.29, 0.717) is 17.1 Å². The third kappa shape index (κ3) is 2.48. The zero-order valence-electron chi connectivity index (χ0n) is 10.7. The van der Waals surface area contributed by atoms with Crippen LogP contribution in [0.4, 0.5) is 11.4 Å². The Hall–Kier alpha value is -3.09. The molecule has 0 fully saturated rings. The number of carbonyl (C=O) groups excluding carboxylic acids is 1. The number of ether oxygens (including phenoxy) is 2. The van der Waals surface area contributed by atoms with Crippen LogP contribution in [-0.4, -0.2) is 17.6 Å². The molecule has 7 nitrogen and oxygen atoms in total. The molecule has 0 spiro atoms. The second kappa shape index (κ2) is 5.12. The third-order valence-corrected chi connectivity index (χ3v) is 2.97. The normalized spacial score (nSPS) is 12.0. The van der Waals surface area contributed by atoms with Crippen molar-refractivity contribution in [3.8, 4) is 11.5 Å². The van der Waals surface area contributed by atoms with Crippen LogP contribution < -0.4 is 14.8 Å². The fourth-order valence-electron chi connectivity index (χ4n) is 1.97. The van der Waals surface area contributed by atoms with E-state index in [-0.39, 0.29) is 18.2 Å². The van der Waals surface area contributed by atoms with Crippen LogP contribution in [0.25, 0.3) is 0 Å². The topological polar surface area (TPSA) is 90.7 Å². The molecule has 2 aromatic rings. The summed E-state index contributed by atoms with van der Waals surface area (Å²) < 4.78 is 10.3. The van der Waals surface area contributed by atoms with Crippen LogP contribution in [0.3, 0.4) is 0 Å². The van der Waals surface area contributed by atoms with Crippen molar-refractivity contribution in [1.29, 1.82) is 0 Å². The first-order valence-electron chi connectivity index (χ1n) is 6.09. The molecule has 0 atom stereocenters. The Balaban J connectivity index is 1.95. The lowest BCUT2D eigenvalue weighted by molar-refractivity contribution is -0.384. The van der Waals surface area contributed by atoms with Gasteiger partial charge in [0.15, 0.2) is 11.5 Å². The highest BCUT2D eigenvalue weighted by Gasteiger charge is 2.24. The number of rotatable bonds is 3. The molecule has 0 bridgehead atoms. The molecule has 0 aliphatic carbocycles. The molecule has 0 saturated heterocycles. The van der Waals surface area contributed by atoms with Crippen LogP contribution in [0.5, 0.6) is 11.5 Å². The summed E-state index contributed by atoms with van der Waals surface area (Å²) in [6.45, 7) is 0.00255. The monoisotopic (exact) mass is 286 g/mol. The van der Waals surface area contributed by atoms with Gasteiger partial charge in [0.25, 0.3) is 11.6 Å². The average Bonchev–Trinajstić information content (AvgIpc) is 2.94. The smallest absolute Gasteiger partial charge is 0.296 e. The van der Waals surface area contributed by atoms with Crippen LogP contribution in [0, 0.1) is 10.1 Å². The lowest BCUT2D eigenvalue weighted by atomic mass is 10.2. The van der Waals surface area contributed by atoms with Crippen LogP contribution in [0.1, 0.15) is 10.4 Å². The Morgan fingerprint density at radius 3 is 2.48 bits per heavy atom. The number of fused-ring (bicyclic) bond motifs is 1. The Labute approximate surface area is 119 Å². The van der Waals surface area contributed by atoms with Crippen LogP contribution >= 0.6 is 0 Å². The standard InChI is InChI=1S/C14H10N2O5/c17-14(9-4-2-1-3-5-9)15-10-6-12-13(21-8-20-12)7-11(10)16(18)19/h1-7H,8H2,(H,15,17). The quantitative estimate of drug-likeness (QED) is 0.691. The second-order valence-corrected chi connectivity index (χ2v) is 4.30. The van der Waals surface area contributed by atoms with Gasteiger partial charge in [0.1, 0.15) is 5.69 Å². The van der Waals surface area contributed by atoms with Crippen molar-refractivity contribution >= 4 is 17.3 Å². The maximum Gasteiger partial charge on any atom is 0.296 e. The minimum absolute atomic E-state index is 0.00255. The minimum atomic E-state index is -0.581. The summed E-state index contributed by atoms with van der Waals surface area (Å²) in [5.41, 5.74) is 0.228. The molecule has 106 valence electrons. The number of carbonyl (C=O) groups is 1. The first-order valence-corrected chi connectivity index (χ1v) is 6.09. The number of amides is 1. The van der Waals surface area contributed by atoms with E-state index >= 15 is 0 Å². The van der Waals surface area contributed by atoms with Gasteiger partial charge in [-0.1, -0.05) is 18.2 Å². The maximum absolute atomic E-state index is 12.1. The lowest BCUT2D eigenvalue weighted by Crippen LogP contribution is -2.13. The molecule has 21 heavy (non-hydrogen) atoms. The van der Waals surface area contributed by atoms with Crippen molar-refractivity contribution in [2.45, 2.75) is 0 Å².